The minimum absolute atomic E-state index is 0.0431. The summed E-state index contributed by atoms with van der Waals surface area (Å²) in [4.78, 5) is 23.4. The van der Waals surface area contributed by atoms with E-state index in [1.165, 1.54) is 0 Å². The highest BCUT2D eigenvalue weighted by Gasteiger charge is 2.29. The Morgan fingerprint density at radius 2 is 2.25 bits per heavy atom. The Hall–Kier alpha value is -1.61. The second-order valence-electron chi connectivity index (χ2n) is 6.57. The fourth-order valence-corrected chi connectivity index (χ4v) is 2.33. The van der Waals surface area contributed by atoms with Crippen molar-refractivity contribution in [3.63, 3.8) is 0 Å². The SMILES string of the molecule is CC(C)(C)C[C@H](N)C(=O)N[C@H](C#N)C[C@@H]1CCNC1=O. The van der Waals surface area contributed by atoms with E-state index in [0.717, 1.165) is 0 Å². The van der Waals surface area contributed by atoms with Crippen LogP contribution in [0.1, 0.15) is 40.0 Å². The van der Waals surface area contributed by atoms with Crippen LogP contribution < -0.4 is 16.4 Å². The van der Waals surface area contributed by atoms with Gasteiger partial charge in [0.1, 0.15) is 6.04 Å². The van der Waals surface area contributed by atoms with E-state index in [9.17, 15) is 9.59 Å². The first-order valence-corrected chi connectivity index (χ1v) is 6.96. The lowest BCUT2D eigenvalue weighted by Gasteiger charge is -2.23. The Labute approximate surface area is 120 Å². The molecular formula is C14H24N4O2. The summed E-state index contributed by atoms with van der Waals surface area (Å²) in [6, 6.07) is 0.730. The zero-order chi connectivity index (χ0) is 15.3. The minimum atomic E-state index is -0.664. The number of nitriles is 1. The molecule has 112 valence electrons. The highest BCUT2D eigenvalue weighted by molar-refractivity contribution is 5.83. The summed E-state index contributed by atoms with van der Waals surface area (Å²) in [5.74, 6) is -0.567. The predicted octanol–water partition coefficient (Wildman–Crippen LogP) is 0.284. The number of nitrogens with two attached hydrogens (primary N) is 1. The highest BCUT2D eigenvalue weighted by atomic mass is 16.2. The summed E-state index contributed by atoms with van der Waals surface area (Å²) < 4.78 is 0. The fourth-order valence-electron chi connectivity index (χ4n) is 2.33. The first-order chi connectivity index (χ1) is 9.23. The van der Waals surface area contributed by atoms with Crippen LogP contribution >= 0.6 is 0 Å². The van der Waals surface area contributed by atoms with Gasteiger partial charge >= 0.3 is 0 Å². The molecule has 0 unspecified atom stereocenters. The summed E-state index contributed by atoms with van der Waals surface area (Å²) in [5.41, 5.74) is 5.79. The first kappa shape index (κ1) is 16.4. The van der Waals surface area contributed by atoms with Gasteiger partial charge in [-0.25, -0.2) is 0 Å². The summed E-state index contributed by atoms with van der Waals surface area (Å²) in [5, 5.41) is 14.5. The van der Waals surface area contributed by atoms with Crippen molar-refractivity contribution in [2.75, 3.05) is 6.54 Å². The summed E-state index contributed by atoms with van der Waals surface area (Å²) in [6.07, 6.45) is 1.60. The van der Waals surface area contributed by atoms with Gasteiger partial charge in [0.2, 0.25) is 11.8 Å². The molecule has 2 amide bonds. The molecule has 0 saturated carbocycles. The van der Waals surface area contributed by atoms with E-state index in [0.29, 0.717) is 25.8 Å². The van der Waals surface area contributed by atoms with Gasteiger partial charge in [-0.15, -0.1) is 0 Å². The van der Waals surface area contributed by atoms with Crippen LogP contribution in [-0.4, -0.2) is 30.4 Å². The Kier molecular flexibility index (Phi) is 5.52. The molecule has 6 nitrogen and oxygen atoms in total. The molecule has 1 aliphatic heterocycles. The molecule has 3 atom stereocenters. The van der Waals surface area contributed by atoms with Gasteiger partial charge in [0.15, 0.2) is 0 Å². The molecule has 0 spiro atoms. The monoisotopic (exact) mass is 280 g/mol. The number of hydrogen-bond acceptors (Lipinski definition) is 4. The number of nitrogens with one attached hydrogen (secondary N) is 2. The van der Waals surface area contributed by atoms with E-state index in [1.807, 2.05) is 26.8 Å². The van der Waals surface area contributed by atoms with Crippen molar-refractivity contribution >= 4 is 11.8 Å². The molecule has 4 N–H and O–H groups in total. The van der Waals surface area contributed by atoms with Crippen molar-refractivity contribution in [1.82, 2.24) is 10.6 Å². The van der Waals surface area contributed by atoms with Crippen LogP contribution in [0.15, 0.2) is 0 Å². The number of nitrogens with zero attached hydrogens (tertiary/aromatic N) is 1. The van der Waals surface area contributed by atoms with E-state index in [-0.39, 0.29) is 23.1 Å². The molecular weight excluding hydrogens is 256 g/mol. The van der Waals surface area contributed by atoms with Gasteiger partial charge in [-0.3, -0.25) is 9.59 Å². The molecule has 0 aromatic heterocycles. The second kappa shape index (κ2) is 6.71. The maximum absolute atomic E-state index is 12.0. The van der Waals surface area contributed by atoms with Gasteiger partial charge in [0, 0.05) is 12.5 Å². The van der Waals surface area contributed by atoms with Crippen LogP contribution in [0, 0.1) is 22.7 Å². The number of rotatable bonds is 5. The van der Waals surface area contributed by atoms with Gasteiger partial charge in [-0.1, -0.05) is 20.8 Å². The Morgan fingerprint density at radius 3 is 2.70 bits per heavy atom. The zero-order valence-corrected chi connectivity index (χ0v) is 12.4. The molecule has 0 aromatic carbocycles. The first-order valence-electron chi connectivity index (χ1n) is 6.96. The van der Waals surface area contributed by atoms with Crippen molar-refractivity contribution in [3.8, 4) is 6.07 Å². The standard InChI is InChI=1S/C14H24N4O2/c1-14(2,3)7-11(16)13(20)18-10(8-15)6-9-4-5-17-12(9)19/h9-11H,4-7,16H2,1-3H3,(H,17,19)(H,18,20)/t9-,10-,11-/m0/s1. The lowest BCUT2D eigenvalue weighted by molar-refractivity contribution is -0.125. The van der Waals surface area contributed by atoms with Crippen molar-refractivity contribution < 1.29 is 9.59 Å². The average molecular weight is 280 g/mol. The lowest BCUT2D eigenvalue weighted by Crippen LogP contribution is -2.47. The summed E-state index contributed by atoms with van der Waals surface area (Å²) in [7, 11) is 0. The van der Waals surface area contributed by atoms with Crippen molar-refractivity contribution in [3.05, 3.63) is 0 Å². The average Bonchev–Trinajstić information content (AvgIpc) is 2.71. The number of hydrogen-bond donors (Lipinski definition) is 3. The quantitative estimate of drug-likeness (QED) is 0.672. The normalized spacial score (nSPS) is 21.8. The number of carbonyl (C=O) groups excluding carboxylic acids is 2. The molecule has 1 rings (SSSR count). The third-order valence-corrected chi connectivity index (χ3v) is 3.32. The molecule has 1 aliphatic rings. The van der Waals surface area contributed by atoms with Crippen molar-refractivity contribution in [1.29, 1.82) is 5.26 Å². The van der Waals surface area contributed by atoms with Crippen LogP contribution in [-0.2, 0) is 9.59 Å². The minimum Gasteiger partial charge on any atom is -0.356 e. The molecule has 0 aliphatic carbocycles. The summed E-state index contributed by atoms with van der Waals surface area (Å²) in [6.45, 7) is 6.65. The predicted molar refractivity (Wildman–Crippen MR) is 75.3 cm³/mol. The van der Waals surface area contributed by atoms with E-state index in [4.69, 9.17) is 11.0 Å². The van der Waals surface area contributed by atoms with Gasteiger partial charge in [0.25, 0.3) is 0 Å². The van der Waals surface area contributed by atoms with E-state index in [2.05, 4.69) is 10.6 Å². The Morgan fingerprint density at radius 1 is 1.60 bits per heavy atom. The largest absolute Gasteiger partial charge is 0.356 e. The lowest BCUT2D eigenvalue weighted by atomic mass is 9.88. The van der Waals surface area contributed by atoms with E-state index >= 15 is 0 Å². The zero-order valence-electron chi connectivity index (χ0n) is 12.4. The van der Waals surface area contributed by atoms with Gasteiger partial charge in [0.05, 0.1) is 12.1 Å². The summed E-state index contributed by atoms with van der Waals surface area (Å²) >= 11 is 0. The van der Waals surface area contributed by atoms with Gasteiger partial charge in [-0.05, 0) is 24.7 Å². The molecule has 1 saturated heterocycles. The van der Waals surface area contributed by atoms with E-state index in [1.54, 1.807) is 0 Å². The molecule has 0 bridgehead atoms. The third kappa shape index (κ3) is 5.17. The number of carbonyl (C=O) groups is 2. The fraction of sp³-hybridized carbons (Fsp3) is 0.786. The topological polar surface area (TPSA) is 108 Å². The molecule has 6 heteroatoms. The molecule has 0 radical (unpaired) electrons. The van der Waals surface area contributed by atoms with Crippen LogP contribution in [0.2, 0.25) is 0 Å². The Bertz CT molecular complexity index is 408. The maximum Gasteiger partial charge on any atom is 0.237 e. The molecule has 20 heavy (non-hydrogen) atoms. The third-order valence-electron chi connectivity index (χ3n) is 3.32. The molecule has 1 fully saturated rings. The van der Waals surface area contributed by atoms with Crippen molar-refractivity contribution in [2.24, 2.45) is 17.1 Å². The van der Waals surface area contributed by atoms with Crippen LogP contribution in [0.4, 0.5) is 0 Å². The Balaban J connectivity index is 2.49. The van der Waals surface area contributed by atoms with Crippen molar-refractivity contribution in [2.45, 2.75) is 52.1 Å². The van der Waals surface area contributed by atoms with Crippen LogP contribution in [0.25, 0.3) is 0 Å². The molecule has 1 heterocycles. The van der Waals surface area contributed by atoms with Gasteiger partial charge < -0.3 is 16.4 Å². The number of amides is 2. The van der Waals surface area contributed by atoms with Crippen LogP contribution in [0.3, 0.4) is 0 Å². The van der Waals surface area contributed by atoms with Gasteiger partial charge in [-0.2, -0.15) is 5.26 Å². The van der Waals surface area contributed by atoms with Crippen LogP contribution in [0.5, 0.6) is 0 Å². The second-order valence-corrected chi connectivity index (χ2v) is 6.57. The van der Waals surface area contributed by atoms with E-state index < -0.39 is 12.1 Å². The highest BCUT2D eigenvalue weighted by Crippen LogP contribution is 2.20. The maximum atomic E-state index is 12.0. The molecule has 0 aromatic rings. The smallest absolute Gasteiger partial charge is 0.237 e.